The van der Waals surface area contributed by atoms with Gasteiger partial charge in [0.15, 0.2) is 5.65 Å². The Hall–Kier alpha value is -3.67. The summed E-state index contributed by atoms with van der Waals surface area (Å²) in [6.45, 7) is 4.56. The van der Waals surface area contributed by atoms with E-state index >= 15 is 0 Å². The second kappa shape index (κ2) is 7.44. The fourth-order valence-corrected chi connectivity index (χ4v) is 4.57. The average molecular weight is 452 g/mol. The van der Waals surface area contributed by atoms with E-state index in [0.29, 0.717) is 43.6 Å². The van der Waals surface area contributed by atoms with Gasteiger partial charge in [0.25, 0.3) is 5.91 Å². The summed E-state index contributed by atoms with van der Waals surface area (Å²) >= 11 is 0. The second-order valence-corrected chi connectivity index (χ2v) is 8.98. The molecule has 0 radical (unpaired) electrons. The predicted molar refractivity (Wildman–Crippen MR) is 116 cm³/mol. The zero-order chi connectivity index (χ0) is 22.6. The first-order valence-electron chi connectivity index (χ1n) is 11.0. The molecule has 6 heterocycles. The van der Waals surface area contributed by atoms with Crippen molar-refractivity contribution in [1.29, 1.82) is 0 Å². The number of fused-ring (bicyclic) bond motifs is 1. The van der Waals surface area contributed by atoms with Gasteiger partial charge in [-0.2, -0.15) is 10.1 Å². The van der Waals surface area contributed by atoms with E-state index in [9.17, 15) is 9.59 Å². The van der Waals surface area contributed by atoms with Crippen LogP contribution in [0.15, 0.2) is 24.5 Å². The highest BCUT2D eigenvalue weighted by molar-refractivity contribution is 5.98. The molecule has 12 heteroatoms. The fourth-order valence-electron chi connectivity index (χ4n) is 4.57. The molecule has 3 aromatic rings. The Morgan fingerprint density at radius 2 is 2.00 bits per heavy atom. The van der Waals surface area contributed by atoms with E-state index in [2.05, 4.69) is 25.4 Å². The number of anilines is 2. The number of pyridine rings is 1. The molecule has 0 saturated carbocycles. The maximum atomic E-state index is 12.9. The molecular formula is C21H24N8O4. The minimum Gasteiger partial charge on any atom is -0.390 e. The number of amides is 2. The number of aromatic nitrogens is 5. The van der Waals surface area contributed by atoms with Gasteiger partial charge in [-0.3, -0.25) is 10.1 Å². The number of nitrogens with zero attached hydrogens (tertiary/aromatic N) is 7. The Kier molecular flexibility index (Phi) is 4.50. The molecule has 1 spiro atoms. The summed E-state index contributed by atoms with van der Waals surface area (Å²) in [6, 6.07) is 3.44. The van der Waals surface area contributed by atoms with Gasteiger partial charge in [0.1, 0.15) is 5.56 Å². The quantitative estimate of drug-likeness (QED) is 0.626. The van der Waals surface area contributed by atoms with Crippen molar-refractivity contribution >= 4 is 29.3 Å². The zero-order valence-electron chi connectivity index (χ0n) is 18.2. The number of likely N-dealkylation sites (tertiary alicyclic amines) is 1. The molecule has 6 rings (SSSR count). The predicted octanol–water partition coefficient (Wildman–Crippen LogP) is 1.15. The number of hydrogen-bond donors (Lipinski definition) is 1. The summed E-state index contributed by atoms with van der Waals surface area (Å²) in [6.07, 6.45) is 4.72. The van der Waals surface area contributed by atoms with Gasteiger partial charge in [-0.05, 0) is 18.9 Å². The van der Waals surface area contributed by atoms with Crippen LogP contribution in [0.3, 0.4) is 0 Å². The van der Waals surface area contributed by atoms with Crippen molar-refractivity contribution in [1.82, 2.24) is 29.3 Å². The Bertz CT molecular complexity index is 1230. The van der Waals surface area contributed by atoms with Crippen molar-refractivity contribution in [3.05, 3.63) is 30.1 Å². The Morgan fingerprint density at radius 1 is 1.21 bits per heavy atom. The van der Waals surface area contributed by atoms with Crippen molar-refractivity contribution in [3.8, 4) is 5.88 Å². The standard InChI is InChI=1S/C21H24N8O4/c1-26-18(15(9-22-26)17(30)28-10-21(11-28)12-32-13-21)33-20(31)23-14-4-7-29-16(8-14)24-19(25-29)27-5-2-3-6-27/h4,7-9H,2-3,5-6,10-13H2,1H3,(H,23,31). The molecule has 3 aliphatic rings. The van der Waals surface area contributed by atoms with Crippen molar-refractivity contribution in [3.63, 3.8) is 0 Å². The molecule has 3 aliphatic heterocycles. The summed E-state index contributed by atoms with van der Waals surface area (Å²) in [7, 11) is 1.62. The van der Waals surface area contributed by atoms with Gasteiger partial charge in [0.05, 0.1) is 24.8 Å². The van der Waals surface area contributed by atoms with Crippen molar-refractivity contribution in [2.75, 3.05) is 49.6 Å². The number of hydrogen-bond acceptors (Lipinski definition) is 8. The SMILES string of the molecule is Cn1ncc(C(=O)N2CC3(COC3)C2)c1OC(=O)Nc1ccn2nc(N3CCCC3)nc2c1. The molecule has 0 atom stereocenters. The lowest BCUT2D eigenvalue weighted by atomic mass is 9.78. The molecule has 2 amide bonds. The molecule has 33 heavy (non-hydrogen) atoms. The van der Waals surface area contributed by atoms with Crippen LogP contribution in [0, 0.1) is 5.41 Å². The van der Waals surface area contributed by atoms with Crippen molar-refractivity contribution in [2.45, 2.75) is 12.8 Å². The second-order valence-electron chi connectivity index (χ2n) is 8.98. The number of aryl methyl sites for hydroxylation is 1. The average Bonchev–Trinajstić information content (AvgIpc) is 3.46. The molecular weight excluding hydrogens is 428 g/mol. The molecule has 1 N–H and O–H groups in total. The molecule has 0 aromatic carbocycles. The summed E-state index contributed by atoms with van der Waals surface area (Å²) < 4.78 is 13.8. The minimum atomic E-state index is -0.719. The molecule has 12 nitrogen and oxygen atoms in total. The fraction of sp³-hybridized carbons (Fsp3) is 0.476. The first-order valence-corrected chi connectivity index (χ1v) is 11.0. The number of carbonyl (C=O) groups excluding carboxylic acids is 2. The van der Waals surface area contributed by atoms with Gasteiger partial charge in [0.2, 0.25) is 11.8 Å². The first-order chi connectivity index (χ1) is 16.0. The molecule has 0 unspecified atom stereocenters. The lowest BCUT2D eigenvalue weighted by molar-refractivity contribution is -0.176. The lowest BCUT2D eigenvalue weighted by Crippen LogP contribution is -2.67. The number of ether oxygens (including phenoxy) is 2. The van der Waals surface area contributed by atoms with Crippen LogP contribution < -0.4 is 15.0 Å². The van der Waals surface area contributed by atoms with Gasteiger partial charge in [-0.1, -0.05) is 0 Å². The third-order valence-electron chi connectivity index (χ3n) is 6.42. The van der Waals surface area contributed by atoms with E-state index in [1.807, 2.05) is 0 Å². The van der Waals surface area contributed by atoms with Crippen LogP contribution in [0.1, 0.15) is 23.2 Å². The molecule has 3 saturated heterocycles. The third-order valence-corrected chi connectivity index (χ3v) is 6.42. The van der Waals surface area contributed by atoms with Crippen molar-refractivity contribution in [2.24, 2.45) is 12.5 Å². The van der Waals surface area contributed by atoms with Gasteiger partial charge < -0.3 is 19.3 Å². The van der Waals surface area contributed by atoms with Crippen LogP contribution in [-0.2, 0) is 11.8 Å². The van der Waals surface area contributed by atoms with Gasteiger partial charge in [-0.25, -0.2) is 14.0 Å². The van der Waals surface area contributed by atoms with Crippen LogP contribution in [0.5, 0.6) is 5.88 Å². The molecule has 3 fully saturated rings. The van der Waals surface area contributed by atoms with E-state index < -0.39 is 6.09 Å². The van der Waals surface area contributed by atoms with Gasteiger partial charge in [-0.15, -0.1) is 5.10 Å². The molecule has 0 bridgehead atoms. The third kappa shape index (κ3) is 3.46. The normalized spacial score (nSPS) is 18.9. The highest BCUT2D eigenvalue weighted by atomic mass is 16.6. The van der Waals surface area contributed by atoms with E-state index in [4.69, 9.17) is 9.47 Å². The maximum absolute atomic E-state index is 12.9. The van der Waals surface area contributed by atoms with Crippen LogP contribution >= 0.6 is 0 Å². The van der Waals surface area contributed by atoms with Crippen LogP contribution in [0.4, 0.5) is 16.4 Å². The number of carbonyl (C=O) groups is 2. The van der Waals surface area contributed by atoms with E-state index in [1.54, 1.807) is 34.8 Å². The van der Waals surface area contributed by atoms with E-state index in [0.717, 1.165) is 25.9 Å². The van der Waals surface area contributed by atoms with Crippen LogP contribution in [0.2, 0.25) is 0 Å². The zero-order valence-corrected chi connectivity index (χ0v) is 18.2. The lowest BCUT2D eigenvalue weighted by Gasteiger charge is -2.54. The summed E-state index contributed by atoms with van der Waals surface area (Å²) in [5.41, 5.74) is 1.49. The van der Waals surface area contributed by atoms with E-state index in [1.165, 1.54) is 10.9 Å². The Balaban J connectivity index is 1.14. The highest BCUT2D eigenvalue weighted by Crippen LogP contribution is 2.38. The molecule has 0 aliphatic carbocycles. The first kappa shape index (κ1) is 20.0. The molecule has 3 aromatic heterocycles. The largest absolute Gasteiger partial charge is 0.418 e. The smallest absolute Gasteiger partial charge is 0.390 e. The topological polar surface area (TPSA) is 119 Å². The summed E-state index contributed by atoms with van der Waals surface area (Å²) in [4.78, 5) is 33.9. The van der Waals surface area contributed by atoms with Crippen molar-refractivity contribution < 1.29 is 19.1 Å². The van der Waals surface area contributed by atoms with Crippen LogP contribution in [-0.4, -0.2) is 80.7 Å². The maximum Gasteiger partial charge on any atom is 0.418 e. The molecule has 172 valence electrons. The monoisotopic (exact) mass is 452 g/mol. The van der Waals surface area contributed by atoms with Crippen LogP contribution in [0.25, 0.3) is 5.65 Å². The Labute approximate surface area is 189 Å². The van der Waals surface area contributed by atoms with Gasteiger partial charge >= 0.3 is 6.09 Å². The number of nitrogens with one attached hydrogen (secondary N) is 1. The summed E-state index contributed by atoms with van der Waals surface area (Å²) in [5.74, 6) is 0.581. The highest BCUT2D eigenvalue weighted by Gasteiger charge is 2.51. The summed E-state index contributed by atoms with van der Waals surface area (Å²) in [5, 5.41) is 11.3. The van der Waals surface area contributed by atoms with Gasteiger partial charge in [0, 0.05) is 51.2 Å². The minimum absolute atomic E-state index is 0.100. The Morgan fingerprint density at radius 3 is 2.73 bits per heavy atom. The van der Waals surface area contributed by atoms with E-state index in [-0.39, 0.29) is 22.8 Å². The number of rotatable bonds is 4.